The molecule has 0 saturated carbocycles. The minimum Gasteiger partial charge on any atom is -0.395 e. The highest BCUT2D eigenvalue weighted by molar-refractivity contribution is 7.80. The second kappa shape index (κ2) is 9.39. The number of aliphatic hydroxyl groups excluding tert-OH is 1. The zero-order valence-electron chi connectivity index (χ0n) is 10.0. The van der Waals surface area contributed by atoms with Gasteiger partial charge in [-0.15, -0.1) is 0 Å². The van der Waals surface area contributed by atoms with Crippen LogP contribution in [0.1, 0.15) is 20.3 Å². The second-order valence-corrected chi connectivity index (χ2v) is 4.29. The fourth-order valence-electron chi connectivity index (χ4n) is 1.11. The molecular formula is C11H18ClFN2OS. The van der Waals surface area contributed by atoms with Crippen LogP contribution in [0.25, 0.3) is 0 Å². The maximum absolute atomic E-state index is 13.6. The van der Waals surface area contributed by atoms with Gasteiger partial charge >= 0.3 is 0 Å². The number of hydrogen-bond acceptors (Lipinski definition) is 2. The molecule has 0 aromatic heterocycles. The zero-order chi connectivity index (χ0) is 13.3. The Balaban J connectivity index is 4.35. The summed E-state index contributed by atoms with van der Waals surface area (Å²) >= 11 is 10.6. The monoisotopic (exact) mass is 280 g/mol. The summed E-state index contributed by atoms with van der Waals surface area (Å²) in [6, 6.07) is 0. The van der Waals surface area contributed by atoms with Crippen LogP contribution in [0.4, 0.5) is 4.39 Å². The predicted molar refractivity (Wildman–Crippen MR) is 73.7 cm³/mol. The molecule has 0 aliphatic rings. The molecule has 0 fully saturated rings. The molecule has 3 N–H and O–H groups in total. The molecule has 0 aliphatic carbocycles. The van der Waals surface area contributed by atoms with E-state index in [1.807, 2.05) is 6.92 Å². The molecule has 0 atom stereocenters. The Morgan fingerprint density at radius 2 is 2.12 bits per heavy atom. The van der Waals surface area contributed by atoms with Gasteiger partial charge < -0.3 is 15.7 Å². The van der Waals surface area contributed by atoms with Crippen molar-refractivity contribution in [2.75, 3.05) is 19.7 Å². The van der Waals surface area contributed by atoms with Crippen molar-refractivity contribution in [3.8, 4) is 0 Å². The molecule has 0 unspecified atom stereocenters. The second-order valence-electron chi connectivity index (χ2n) is 3.32. The summed E-state index contributed by atoms with van der Waals surface area (Å²) in [7, 11) is 0. The summed E-state index contributed by atoms with van der Waals surface area (Å²) in [5, 5.41) is 14.7. The Morgan fingerprint density at radius 1 is 1.47 bits per heavy atom. The topological polar surface area (TPSA) is 44.3 Å². The van der Waals surface area contributed by atoms with Crippen LogP contribution >= 0.6 is 23.8 Å². The Bertz CT molecular complexity index is 315. The molecule has 6 heteroatoms. The average Bonchev–Trinajstić information content (AvgIpc) is 2.30. The van der Waals surface area contributed by atoms with Gasteiger partial charge in [-0.25, -0.2) is 4.39 Å². The molecule has 0 spiro atoms. The number of allylic oxidation sites excluding steroid dienone is 2. The summed E-state index contributed by atoms with van der Waals surface area (Å²) < 4.78 is 13.6. The third kappa shape index (κ3) is 7.31. The van der Waals surface area contributed by atoms with E-state index in [-0.39, 0.29) is 18.2 Å². The number of hydrogen-bond donors (Lipinski definition) is 3. The van der Waals surface area contributed by atoms with Crippen LogP contribution in [0, 0.1) is 0 Å². The molecule has 0 radical (unpaired) electrons. The van der Waals surface area contributed by atoms with Crippen LogP contribution in [0.5, 0.6) is 0 Å². The van der Waals surface area contributed by atoms with E-state index >= 15 is 0 Å². The van der Waals surface area contributed by atoms with Crippen molar-refractivity contribution < 1.29 is 9.50 Å². The minimum absolute atomic E-state index is 0.00543. The maximum atomic E-state index is 13.6. The van der Waals surface area contributed by atoms with Gasteiger partial charge in [-0.1, -0.05) is 24.6 Å². The fraction of sp³-hybridized carbons (Fsp3) is 0.545. The first-order valence-electron chi connectivity index (χ1n) is 5.36. The van der Waals surface area contributed by atoms with E-state index in [1.165, 1.54) is 6.92 Å². The maximum Gasteiger partial charge on any atom is 0.166 e. The summed E-state index contributed by atoms with van der Waals surface area (Å²) in [5.74, 6) is -0.425. The van der Waals surface area contributed by atoms with Gasteiger partial charge in [0.05, 0.1) is 11.6 Å². The molecule has 17 heavy (non-hydrogen) atoms. The van der Waals surface area contributed by atoms with E-state index in [1.54, 1.807) is 6.08 Å². The standard InChI is InChI=1S/C11H18ClFN2OS/c1-3-4-9(10(13)8(2)12)7-15-11(17)14-5-6-16/h4,16H,3,5-7H2,1-2H3,(H2,14,15,17)/b9-4-,10-8-. The minimum atomic E-state index is -0.425. The van der Waals surface area contributed by atoms with E-state index in [9.17, 15) is 4.39 Å². The normalized spacial score (nSPS) is 13.1. The van der Waals surface area contributed by atoms with Gasteiger partial charge in [-0.05, 0) is 25.6 Å². The van der Waals surface area contributed by atoms with Gasteiger partial charge in [0.15, 0.2) is 5.11 Å². The van der Waals surface area contributed by atoms with E-state index in [0.717, 1.165) is 0 Å². The van der Waals surface area contributed by atoms with Crippen LogP contribution in [-0.2, 0) is 0 Å². The van der Waals surface area contributed by atoms with Gasteiger partial charge in [0.1, 0.15) is 5.83 Å². The van der Waals surface area contributed by atoms with Crippen molar-refractivity contribution >= 4 is 28.9 Å². The van der Waals surface area contributed by atoms with Crippen LogP contribution in [0.15, 0.2) is 22.5 Å². The highest BCUT2D eigenvalue weighted by Gasteiger charge is 2.07. The first-order valence-corrected chi connectivity index (χ1v) is 6.15. The molecule has 3 nitrogen and oxygen atoms in total. The van der Waals surface area contributed by atoms with Gasteiger partial charge in [0.2, 0.25) is 0 Å². The quantitative estimate of drug-likeness (QED) is 0.516. The number of nitrogens with one attached hydrogen (secondary N) is 2. The number of halogens is 2. The lowest BCUT2D eigenvalue weighted by Gasteiger charge is -2.11. The van der Waals surface area contributed by atoms with Crippen LogP contribution in [0.3, 0.4) is 0 Å². The average molecular weight is 281 g/mol. The first-order chi connectivity index (χ1) is 8.02. The summed E-state index contributed by atoms with van der Waals surface area (Å²) in [5.41, 5.74) is 0.480. The van der Waals surface area contributed by atoms with E-state index < -0.39 is 5.83 Å². The third-order valence-corrected chi connectivity index (χ3v) is 2.33. The predicted octanol–water partition coefficient (Wildman–Crippen LogP) is 2.22. The molecule has 0 amide bonds. The summed E-state index contributed by atoms with van der Waals surface area (Å²) in [6.45, 7) is 4.04. The van der Waals surface area contributed by atoms with Crippen molar-refractivity contribution in [3.63, 3.8) is 0 Å². The molecule has 0 rings (SSSR count). The summed E-state index contributed by atoms with van der Waals surface area (Å²) in [4.78, 5) is 0. The lowest BCUT2D eigenvalue weighted by atomic mass is 10.2. The smallest absolute Gasteiger partial charge is 0.166 e. The van der Waals surface area contributed by atoms with Gasteiger partial charge in [0.25, 0.3) is 0 Å². The molecule has 0 aliphatic heterocycles. The van der Waals surface area contributed by atoms with Crippen LogP contribution in [-0.4, -0.2) is 29.9 Å². The zero-order valence-corrected chi connectivity index (χ0v) is 11.6. The van der Waals surface area contributed by atoms with Crippen LogP contribution < -0.4 is 10.6 Å². The van der Waals surface area contributed by atoms with Crippen molar-refractivity contribution in [2.45, 2.75) is 20.3 Å². The van der Waals surface area contributed by atoms with Gasteiger partial charge in [-0.3, -0.25) is 0 Å². The largest absolute Gasteiger partial charge is 0.395 e. The van der Waals surface area contributed by atoms with E-state index in [2.05, 4.69) is 10.6 Å². The third-order valence-electron chi connectivity index (χ3n) is 1.87. The van der Waals surface area contributed by atoms with Crippen molar-refractivity contribution in [3.05, 3.63) is 22.5 Å². The molecule has 0 heterocycles. The fourth-order valence-corrected chi connectivity index (χ4v) is 1.41. The lowest BCUT2D eigenvalue weighted by Crippen LogP contribution is -2.37. The Hall–Kier alpha value is -0.650. The highest BCUT2D eigenvalue weighted by atomic mass is 35.5. The van der Waals surface area contributed by atoms with Gasteiger partial charge in [-0.2, -0.15) is 0 Å². The van der Waals surface area contributed by atoms with Crippen molar-refractivity contribution in [1.82, 2.24) is 10.6 Å². The Kier molecular flexibility index (Phi) is 9.03. The Morgan fingerprint density at radius 3 is 2.59 bits per heavy atom. The molecule has 0 aromatic carbocycles. The van der Waals surface area contributed by atoms with Gasteiger partial charge in [0, 0.05) is 18.7 Å². The molecular weight excluding hydrogens is 263 g/mol. The molecule has 0 aromatic rings. The van der Waals surface area contributed by atoms with Crippen LogP contribution in [0.2, 0.25) is 0 Å². The summed E-state index contributed by atoms with van der Waals surface area (Å²) in [6.07, 6.45) is 2.47. The SMILES string of the molecule is CC/C=C(CNC(=S)NCCO)\C(F)=C(/C)Cl. The Labute approximate surface area is 112 Å². The molecule has 0 saturated heterocycles. The molecule has 0 bridgehead atoms. The lowest BCUT2D eigenvalue weighted by molar-refractivity contribution is 0.300. The number of rotatable bonds is 6. The highest BCUT2D eigenvalue weighted by Crippen LogP contribution is 2.18. The molecule has 98 valence electrons. The number of aliphatic hydroxyl groups is 1. The number of thiocarbonyl (C=S) groups is 1. The van der Waals surface area contributed by atoms with Crippen molar-refractivity contribution in [1.29, 1.82) is 0 Å². The van der Waals surface area contributed by atoms with E-state index in [0.29, 0.717) is 23.7 Å². The van der Waals surface area contributed by atoms with Crippen molar-refractivity contribution in [2.24, 2.45) is 0 Å². The first kappa shape index (κ1) is 16.4. The van der Waals surface area contributed by atoms with E-state index in [4.69, 9.17) is 28.9 Å².